The highest BCUT2D eigenvalue weighted by molar-refractivity contribution is 4.99. The zero-order chi connectivity index (χ0) is 13.7. The van der Waals surface area contributed by atoms with E-state index in [9.17, 15) is 14.5 Å². The predicted molar refractivity (Wildman–Crippen MR) is 64.9 cm³/mol. The molecule has 0 saturated carbocycles. The quantitative estimate of drug-likeness (QED) is 0.442. The van der Waals surface area contributed by atoms with Crippen LogP contribution < -0.4 is 5.32 Å². The number of nitrogens with zero attached hydrogens (tertiary/aromatic N) is 2. The molecule has 1 fully saturated rings. The Morgan fingerprint density at radius 1 is 1.61 bits per heavy atom. The Balaban J connectivity index is 2.80. The lowest BCUT2D eigenvalue weighted by molar-refractivity contribution is -0.450. The molecule has 1 saturated heterocycles. The SMILES string of the molecule is CCN(CC1COCC1C)C(NC)=C(F)[N+](=O)[O-]. The van der Waals surface area contributed by atoms with Gasteiger partial charge in [0.2, 0.25) is 5.82 Å². The third-order valence-corrected chi connectivity index (χ3v) is 3.26. The monoisotopic (exact) mass is 261 g/mol. The van der Waals surface area contributed by atoms with Gasteiger partial charge in [0, 0.05) is 32.7 Å². The van der Waals surface area contributed by atoms with Gasteiger partial charge in [0.25, 0.3) is 0 Å². The van der Waals surface area contributed by atoms with Crippen LogP contribution in [-0.4, -0.2) is 43.2 Å². The Bertz CT molecular complexity index is 335. The Morgan fingerprint density at radius 3 is 2.67 bits per heavy atom. The van der Waals surface area contributed by atoms with Crippen LogP contribution in [0.4, 0.5) is 4.39 Å². The van der Waals surface area contributed by atoms with Gasteiger partial charge in [-0.3, -0.25) is 10.1 Å². The predicted octanol–water partition coefficient (Wildman–Crippen LogP) is 1.18. The van der Waals surface area contributed by atoms with Crippen molar-refractivity contribution in [3.63, 3.8) is 0 Å². The minimum Gasteiger partial charge on any atom is -0.381 e. The molecule has 0 aromatic rings. The first kappa shape index (κ1) is 14.7. The van der Waals surface area contributed by atoms with Gasteiger partial charge < -0.3 is 15.0 Å². The first-order valence-electron chi connectivity index (χ1n) is 6.05. The van der Waals surface area contributed by atoms with E-state index in [4.69, 9.17) is 4.74 Å². The minimum atomic E-state index is -1.34. The van der Waals surface area contributed by atoms with E-state index >= 15 is 0 Å². The average molecular weight is 261 g/mol. The molecule has 2 unspecified atom stereocenters. The molecular weight excluding hydrogens is 241 g/mol. The molecule has 0 bridgehead atoms. The van der Waals surface area contributed by atoms with Gasteiger partial charge in [-0.15, -0.1) is 4.39 Å². The molecule has 0 spiro atoms. The molecule has 0 aromatic heterocycles. The molecule has 2 atom stereocenters. The first-order valence-corrected chi connectivity index (χ1v) is 6.05. The van der Waals surface area contributed by atoms with Crippen molar-refractivity contribution in [2.75, 3.05) is 33.4 Å². The fourth-order valence-corrected chi connectivity index (χ4v) is 2.08. The first-order chi connectivity index (χ1) is 8.51. The van der Waals surface area contributed by atoms with Crippen LogP contribution >= 0.6 is 0 Å². The second-order valence-electron chi connectivity index (χ2n) is 4.46. The van der Waals surface area contributed by atoms with Crippen molar-refractivity contribution in [2.45, 2.75) is 13.8 Å². The molecule has 18 heavy (non-hydrogen) atoms. The highest BCUT2D eigenvalue weighted by Gasteiger charge is 2.29. The van der Waals surface area contributed by atoms with E-state index in [1.54, 1.807) is 4.90 Å². The van der Waals surface area contributed by atoms with E-state index in [1.165, 1.54) is 7.05 Å². The van der Waals surface area contributed by atoms with Crippen molar-refractivity contribution in [3.05, 3.63) is 21.9 Å². The zero-order valence-corrected chi connectivity index (χ0v) is 11.0. The Morgan fingerprint density at radius 2 is 2.28 bits per heavy atom. The van der Waals surface area contributed by atoms with Crippen LogP contribution in [0.1, 0.15) is 13.8 Å². The Kier molecular flexibility index (Phi) is 5.33. The van der Waals surface area contributed by atoms with Gasteiger partial charge >= 0.3 is 5.95 Å². The molecule has 0 radical (unpaired) electrons. The topological polar surface area (TPSA) is 67.6 Å². The third-order valence-electron chi connectivity index (χ3n) is 3.26. The molecule has 1 heterocycles. The fourth-order valence-electron chi connectivity index (χ4n) is 2.08. The molecule has 7 heteroatoms. The van der Waals surface area contributed by atoms with Crippen LogP contribution in [0.5, 0.6) is 0 Å². The van der Waals surface area contributed by atoms with E-state index in [2.05, 4.69) is 12.2 Å². The zero-order valence-electron chi connectivity index (χ0n) is 11.0. The van der Waals surface area contributed by atoms with Crippen molar-refractivity contribution in [2.24, 2.45) is 11.8 Å². The number of rotatable bonds is 6. The van der Waals surface area contributed by atoms with Gasteiger partial charge in [-0.05, 0) is 12.8 Å². The van der Waals surface area contributed by atoms with E-state index in [-0.39, 0.29) is 11.7 Å². The molecule has 0 aromatic carbocycles. The Labute approximate surface area is 106 Å². The molecule has 1 rings (SSSR count). The standard InChI is InChI=1S/C11H20FN3O3/c1-4-14(5-9-7-18-6-8(9)2)11(13-3)10(12)15(16)17/h8-9,13H,4-7H2,1-3H3. The van der Waals surface area contributed by atoms with Crippen molar-refractivity contribution in [1.82, 2.24) is 10.2 Å². The summed E-state index contributed by atoms with van der Waals surface area (Å²) in [6, 6.07) is 0. The lowest BCUT2D eigenvalue weighted by Crippen LogP contribution is -2.37. The van der Waals surface area contributed by atoms with Crippen molar-refractivity contribution in [3.8, 4) is 0 Å². The molecule has 6 nitrogen and oxygen atoms in total. The van der Waals surface area contributed by atoms with E-state index in [0.29, 0.717) is 32.2 Å². The summed E-state index contributed by atoms with van der Waals surface area (Å²) < 4.78 is 18.8. The van der Waals surface area contributed by atoms with Crippen LogP contribution in [-0.2, 0) is 4.74 Å². The van der Waals surface area contributed by atoms with Gasteiger partial charge in [-0.25, -0.2) is 0 Å². The molecule has 0 amide bonds. The van der Waals surface area contributed by atoms with Gasteiger partial charge in [-0.1, -0.05) is 6.92 Å². The number of nitro groups is 1. The summed E-state index contributed by atoms with van der Waals surface area (Å²) in [6.07, 6.45) is 0. The summed E-state index contributed by atoms with van der Waals surface area (Å²) in [7, 11) is 1.48. The lowest BCUT2D eigenvalue weighted by Gasteiger charge is -2.27. The number of nitrogens with one attached hydrogen (secondary N) is 1. The summed E-state index contributed by atoms with van der Waals surface area (Å²) in [6.45, 7) is 6.27. The van der Waals surface area contributed by atoms with Gasteiger partial charge in [0.05, 0.1) is 11.5 Å². The number of hydrogen-bond donors (Lipinski definition) is 1. The maximum absolute atomic E-state index is 13.4. The summed E-state index contributed by atoms with van der Waals surface area (Å²) >= 11 is 0. The van der Waals surface area contributed by atoms with E-state index in [1.807, 2.05) is 6.92 Å². The average Bonchev–Trinajstić information content (AvgIpc) is 2.74. The maximum Gasteiger partial charge on any atom is 0.460 e. The minimum absolute atomic E-state index is 0.0680. The molecule has 1 aliphatic heterocycles. The molecule has 1 aliphatic rings. The van der Waals surface area contributed by atoms with Gasteiger partial charge in [-0.2, -0.15) is 0 Å². The summed E-state index contributed by atoms with van der Waals surface area (Å²) in [5, 5.41) is 13.1. The van der Waals surface area contributed by atoms with Gasteiger partial charge in [0.15, 0.2) is 0 Å². The number of ether oxygens (including phenoxy) is 1. The van der Waals surface area contributed by atoms with Crippen LogP contribution in [0.2, 0.25) is 0 Å². The van der Waals surface area contributed by atoms with Gasteiger partial charge in [0.1, 0.15) is 0 Å². The third kappa shape index (κ3) is 3.32. The lowest BCUT2D eigenvalue weighted by atomic mass is 9.97. The largest absolute Gasteiger partial charge is 0.460 e. The second-order valence-corrected chi connectivity index (χ2v) is 4.46. The van der Waals surface area contributed by atoms with Crippen molar-refractivity contribution in [1.29, 1.82) is 0 Å². The van der Waals surface area contributed by atoms with Crippen molar-refractivity contribution >= 4 is 0 Å². The second kappa shape index (κ2) is 6.53. The van der Waals surface area contributed by atoms with Crippen LogP contribution in [0.15, 0.2) is 11.8 Å². The van der Waals surface area contributed by atoms with Crippen molar-refractivity contribution < 1.29 is 14.1 Å². The Hall–Kier alpha value is -1.37. The normalized spacial score (nSPS) is 24.7. The molecule has 1 N–H and O–H groups in total. The van der Waals surface area contributed by atoms with Crippen LogP contribution in [0.3, 0.4) is 0 Å². The maximum atomic E-state index is 13.4. The van der Waals surface area contributed by atoms with Crippen LogP contribution in [0, 0.1) is 22.0 Å². The fraction of sp³-hybridized carbons (Fsp3) is 0.818. The molecular formula is C11H20FN3O3. The smallest absolute Gasteiger partial charge is 0.381 e. The molecule has 0 aliphatic carbocycles. The summed E-state index contributed by atoms with van der Waals surface area (Å²) in [5.74, 6) is -0.754. The van der Waals surface area contributed by atoms with E-state index in [0.717, 1.165) is 0 Å². The number of hydrogen-bond acceptors (Lipinski definition) is 5. The summed E-state index contributed by atoms with van der Waals surface area (Å²) in [5.41, 5.74) is 0. The molecule has 104 valence electrons. The highest BCUT2D eigenvalue weighted by Crippen LogP contribution is 2.22. The summed E-state index contributed by atoms with van der Waals surface area (Å²) in [4.78, 5) is 11.1. The number of halogens is 1. The van der Waals surface area contributed by atoms with Crippen LogP contribution in [0.25, 0.3) is 0 Å². The van der Waals surface area contributed by atoms with E-state index < -0.39 is 10.9 Å². The highest BCUT2D eigenvalue weighted by atomic mass is 19.1.